The molecular weight excluding hydrogens is 250 g/mol. The number of benzene rings is 2. The summed E-state index contributed by atoms with van der Waals surface area (Å²) in [4.78, 5) is 0. The maximum atomic E-state index is 5.67. The van der Waals surface area contributed by atoms with Gasteiger partial charge in [-0.05, 0) is 42.8 Å². The third kappa shape index (κ3) is 4.94. The summed E-state index contributed by atoms with van der Waals surface area (Å²) in [5.74, 6) is 1.80. The van der Waals surface area contributed by atoms with E-state index >= 15 is 0 Å². The van der Waals surface area contributed by atoms with E-state index in [-0.39, 0.29) is 0 Å². The molecule has 2 rings (SSSR count). The second-order valence-electron chi connectivity index (χ2n) is 4.55. The maximum Gasteiger partial charge on any atom is 0.119 e. The highest BCUT2D eigenvalue weighted by atomic mass is 16.5. The first kappa shape index (κ1) is 14.4. The quantitative estimate of drug-likeness (QED) is 0.751. The zero-order valence-corrected chi connectivity index (χ0v) is 11.6. The van der Waals surface area contributed by atoms with E-state index in [4.69, 9.17) is 15.2 Å². The molecule has 0 heterocycles. The van der Waals surface area contributed by atoms with Crippen molar-refractivity contribution in [3.63, 3.8) is 0 Å². The van der Waals surface area contributed by atoms with Crippen molar-refractivity contribution in [2.75, 3.05) is 19.8 Å². The van der Waals surface area contributed by atoms with Crippen molar-refractivity contribution in [1.82, 2.24) is 0 Å². The smallest absolute Gasteiger partial charge is 0.119 e. The van der Waals surface area contributed by atoms with Crippen LogP contribution in [0.1, 0.15) is 12.0 Å². The highest BCUT2D eigenvalue weighted by molar-refractivity contribution is 5.27. The Morgan fingerprint density at radius 2 is 1.35 bits per heavy atom. The Labute approximate surface area is 120 Å². The zero-order chi connectivity index (χ0) is 14.0. The molecule has 0 fully saturated rings. The minimum atomic E-state index is 0.656. The monoisotopic (exact) mass is 271 g/mol. The van der Waals surface area contributed by atoms with Gasteiger partial charge in [-0.1, -0.05) is 30.3 Å². The molecule has 2 aromatic rings. The van der Waals surface area contributed by atoms with Gasteiger partial charge < -0.3 is 15.2 Å². The van der Waals surface area contributed by atoms with E-state index in [1.54, 1.807) is 0 Å². The standard InChI is InChI=1S/C17H21NO2/c18-12-11-15-7-9-17(10-8-15)20-14-4-13-19-16-5-2-1-3-6-16/h1-3,5-10H,4,11-14,18H2. The van der Waals surface area contributed by atoms with Crippen LogP contribution in [0.3, 0.4) is 0 Å². The summed E-state index contributed by atoms with van der Waals surface area (Å²) in [6, 6.07) is 17.9. The molecule has 0 amide bonds. The molecule has 2 N–H and O–H groups in total. The van der Waals surface area contributed by atoms with Crippen LogP contribution in [0.25, 0.3) is 0 Å². The highest BCUT2D eigenvalue weighted by Crippen LogP contribution is 2.13. The molecule has 0 aromatic heterocycles. The van der Waals surface area contributed by atoms with Crippen molar-refractivity contribution in [2.24, 2.45) is 5.73 Å². The summed E-state index contributed by atoms with van der Waals surface area (Å²) in [5, 5.41) is 0. The van der Waals surface area contributed by atoms with Crippen molar-refractivity contribution < 1.29 is 9.47 Å². The molecule has 0 saturated heterocycles. The first-order chi connectivity index (χ1) is 9.88. The molecular formula is C17H21NO2. The molecule has 0 spiro atoms. The molecule has 0 unspecified atom stereocenters. The van der Waals surface area contributed by atoms with Gasteiger partial charge in [0.15, 0.2) is 0 Å². The Hall–Kier alpha value is -2.00. The fourth-order valence-corrected chi connectivity index (χ4v) is 1.87. The van der Waals surface area contributed by atoms with E-state index in [1.165, 1.54) is 5.56 Å². The molecule has 0 aliphatic carbocycles. The normalized spacial score (nSPS) is 10.2. The van der Waals surface area contributed by atoms with Crippen molar-refractivity contribution in [1.29, 1.82) is 0 Å². The highest BCUT2D eigenvalue weighted by Gasteiger charge is 1.96. The predicted octanol–water partition coefficient (Wildman–Crippen LogP) is 3.04. The van der Waals surface area contributed by atoms with E-state index in [0.717, 1.165) is 24.3 Å². The number of ether oxygens (including phenoxy) is 2. The fraction of sp³-hybridized carbons (Fsp3) is 0.294. The van der Waals surface area contributed by atoms with Gasteiger partial charge in [-0.3, -0.25) is 0 Å². The minimum absolute atomic E-state index is 0.656. The van der Waals surface area contributed by atoms with Crippen LogP contribution in [0, 0.1) is 0 Å². The Morgan fingerprint density at radius 1 is 0.750 bits per heavy atom. The number of hydrogen-bond acceptors (Lipinski definition) is 3. The molecule has 0 atom stereocenters. The third-order valence-electron chi connectivity index (χ3n) is 2.93. The average Bonchev–Trinajstić information content (AvgIpc) is 2.50. The largest absolute Gasteiger partial charge is 0.493 e. The van der Waals surface area contributed by atoms with E-state index < -0.39 is 0 Å². The van der Waals surface area contributed by atoms with Crippen LogP contribution in [0.4, 0.5) is 0 Å². The molecule has 0 saturated carbocycles. The van der Waals surface area contributed by atoms with E-state index in [9.17, 15) is 0 Å². The van der Waals surface area contributed by atoms with E-state index in [0.29, 0.717) is 19.8 Å². The molecule has 106 valence electrons. The number of hydrogen-bond donors (Lipinski definition) is 1. The number of para-hydroxylation sites is 1. The summed E-state index contributed by atoms with van der Waals surface area (Å²) in [5.41, 5.74) is 6.76. The molecule has 2 aromatic carbocycles. The first-order valence-corrected chi connectivity index (χ1v) is 6.98. The fourth-order valence-electron chi connectivity index (χ4n) is 1.87. The van der Waals surface area contributed by atoms with Gasteiger partial charge in [0.25, 0.3) is 0 Å². The van der Waals surface area contributed by atoms with Gasteiger partial charge in [-0.15, -0.1) is 0 Å². The van der Waals surface area contributed by atoms with Gasteiger partial charge in [-0.2, -0.15) is 0 Å². The molecule has 3 heteroatoms. The van der Waals surface area contributed by atoms with Crippen molar-refractivity contribution in [2.45, 2.75) is 12.8 Å². The zero-order valence-electron chi connectivity index (χ0n) is 11.6. The van der Waals surface area contributed by atoms with Crippen LogP contribution in [-0.2, 0) is 6.42 Å². The maximum absolute atomic E-state index is 5.67. The molecule has 0 aliphatic rings. The average molecular weight is 271 g/mol. The van der Waals surface area contributed by atoms with Crippen LogP contribution in [0.15, 0.2) is 54.6 Å². The summed E-state index contributed by atoms with van der Waals surface area (Å²) in [6.07, 6.45) is 1.77. The third-order valence-corrected chi connectivity index (χ3v) is 2.93. The summed E-state index contributed by atoms with van der Waals surface area (Å²) in [7, 11) is 0. The molecule has 20 heavy (non-hydrogen) atoms. The van der Waals surface area contributed by atoms with Gasteiger partial charge in [0.2, 0.25) is 0 Å². The van der Waals surface area contributed by atoms with E-state index in [1.807, 2.05) is 42.5 Å². The van der Waals surface area contributed by atoms with Crippen LogP contribution >= 0.6 is 0 Å². The van der Waals surface area contributed by atoms with Gasteiger partial charge >= 0.3 is 0 Å². The predicted molar refractivity (Wildman–Crippen MR) is 81.2 cm³/mol. The first-order valence-electron chi connectivity index (χ1n) is 6.98. The van der Waals surface area contributed by atoms with Crippen molar-refractivity contribution >= 4 is 0 Å². The second kappa shape index (κ2) is 8.23. The number of nitrogens with two attached hydrogens (primary N) is 1. The minimum Gasteiger partial charge on any atom is -0.493 e. The van der Waals surface area contributed by atoms with Crippen LogP contribution in [0.5, 0.6) is 11.5 Å². The Bertz CT molecular complexity index is 482. The van der Waals surface area contributed by atoms with Crippen LogP contribution in [0.2, 0.25) is 0 Å². The molecule has 0 aliphatic heterocycles. The lowest BCUT2D eigenvalue weighted by atomic mass is 10.1. The SMILES string of the molecule is NCCc1ccc(OCCCOc2ccccc2)cc1. The molecule has 3 nitrogen and oxygen atoms in total. The topological polar surface area (TPSA) is 44.5 Å². The Morgan fingerprint density at radius 3 is 1.95 bits per heavy atom. The molecule has 0 radical (unpaired) electrons. The lowest BCUT2D eigenvalue weighted by Gasteiger charge is -2.08. The lowest BCUT2D eigenvalue weighted by molar-refractivity contribution is 0.247. The van der Waals surface area contributed by atoms with Crippen LogP contribution in [-0.4, -0.2) is 19.8 Å². The van der Waals surface area contributed by atoms with E-state index in [2.05, 4.69) is 12.1 Å². The van der Waals surface area contributed by atoms with Gasteiger partial charge in [0.1, 0.15) is 11.5 Å². The van der Waals surface area contributed by atoms with Crippen molar-refractivity contribution in [3.8, 4) is 11.5 Å². The summed E-state index contributed by atoms with van der Waals surface area (Å²) in [6.45, 7) is 2.00. The van der Waals surface area contributed by atoms with Crippen LogP contribution < -0.4 is 15.2 Å². The van der Waals surface area contributed by atoms with Gasteiger partial charge in [-0.25, -0.2) is 0 Å². The Kier molecular flexibility index (Phi) is 5.93. The van der Waals surface area contributed by atoms with Gasteiger partial charge in [0, 0.05) is 6.42 Å². The summed E-state index contributed by atoms with van der Waals surface area (Å²) >= 11 is 0. The van der Waals surface area contributed by atoms with Crippen molar-refractivity contribution in [3.05, 3.63) is 60.2 Å². The number of rotatable bonds is 8. The Balaban J connectivity index is 1.63. The second-order valence-corrected chi connectivity index (χ2v) is 4.55. The summed E-state index contributed by atoms with van der Waals surface area (Å²) < 4.78 is 11.3. The lowest BCUT2D eigenvalue weighted by Crippen LogP contribution is -2.05. The molecule has 0 bridgehead atoms. The van der Waals surface area contributed by atoms with Gasteiger partial charge in [0.05, 0.1) is 13.2 Å².